The van der Waals surface area contributed by atoms with Gasteiger partial charge in [0.05, 0.1) is 11.2 Å². The lowest BCUT2D eigenvalue weighted by Crippen LogP contribution is -2.16. The van der Waals surface area contributed by atoms with E-state index in [-0.39, 0.29) is 5.41 Å². The molecule has 254 valence electrons. The third-order valence-electron chi connectivity index (χ3n) is 11.0. The van der Waals surface area contributed by atoms with Gasteiger partial charge in [-0.1, -0.05) is 154 Å². The zero-order valence-corrected chi connectivity index (χ0v) is 30.1. The van der Waals surface area contributed by atoms with Crippen molar-refractivity contribution in [1.82, 2.24) is 4.57 Å². The standard InChI is InChI=1S/C51H40N2/c1-5-43-46-32-30-42(34-50(46)53(49(43)6-2)40-27-23-38(24-28-40)36-17-11-8-12-18-36)52(39-25-21-37(22-26-39)35-15-9-7-10-16-35)41-29-31-45-44-19-13-14-20-47(44)51(3,4)48(45)33-41/h5-34H,1-2H2,3-4H3. The molecule has 2 heteroatoms. The van der Waals surface area contributed by atoms with Gasteiger partial charge in [0.2, 0.25) is 0 Å². The van der Waals surface area contributed by atoms with Gasteiger partial charge in [-0.2, -0.15) is 0 Å². The first-order valence-electron chi connectivity index (χ1n) is 18.3. The Morgan fingerprint density at radius 1 is 0.491 bits per heavy atom. The van der Waals surface area contributed by atoms with E-state index in [1.54, 1.807) is 0 Å². The van der Waals surface area contributed by atoms with Crippen LogP contribution >= 0.6 is 0 Å². The van der Waals surface area contributed by atoms with Crippen LogP contribution in [0.25, 0.3) is 62.1 Å². The summed E-state index contributed by atoms with van der Waals surface area (Å²) >= 11 is 0. The first-order valence-corrected chi connectivity index (χ1v) is 18.3. The topological polar surface area (TPSA) is 8.17 Å². The van der Waals surface area contributed by atoms with E-state index in [0.717, 1.165) is 44.9 Å². The molecule has 0 aliphatic heterocycles. The Balaban J connectivity index is 1.23. The smallest absolute Gasteiger partial charge is 0.0561 e. The molecule has 0 spiro atoms. The monoisotopic (exact) mass is 680 g/mol. The maximum absolute atomic E-state index is 4.26. The molecular formula is C51H40N2. The molecule has 8 aromatic rings. The van der Waals surface area contributed by atoms with Crippen LogP contribution in [0.2, 0.25) is 0 Å². The maximum Gasteiger partial charge on any atom is 0.0561 e. The number of hydrogen-bond acceptors (Lipinski definition) is 1. The highest BCUT2D eigenvalue weighted by atomic mass is 15.1. The molecule has 0 fully saturated rings. The number of aromatic nitrogens is 1. The summed E-state index contributed by atoms with van der Waals surface area (Å²) in [6.07, 6.45) is 3.90. The van der Waals surface area contributed by atoms with Crippen LogP contribution in [0.15, 0.2) is 183 Å². The second kappa shape index (κ2) is 12.8. The lowest BCUT2D eigenvalue weighted by molar-refractivity contribution is 0.660. The van der Waals surface area contributed by atoms with Gasteiger partial charge in [-0.3, -0.25) is 0 Å². The third-order valence-corrected chi connectivity index (χ3v) is 11.0. The minimum Gasteiger partial charge on any atom is -0.310 e. The van der Waals surface area contributed by atoms with Crippen molar-refractivity contribution in [3.05, 3.63) is 205 Å². The average Bonchev–Trinajstić information content (AvgIpc) is 3.66. The summed E-state index contributed by atoms with van der Waals surface area (Å²) in [6.45, 7) is 13.2. The molecule has 0 atom stereocenters. The molecule has 1 heterocycles. The first kappa shape index (κ1) is 32.3. The SMILES string of the molecule is C=Cc1c(C=C)n(-c2ccc(-c3ccccc3)cc2)c2cc(N(c3ccc(-c4ccccc4)cc3)c3ccc4c(c3)C(C)(C)c3ccccc3-4)ccc12. The predicted octanol–water partition coefficient (Wildman–Crippen LogP) is 14.0. The Kier molecular flexibility index (Phi) is 7.82. The maximum atomic E-state index is 4.26. The Morgan fingerprint density at radius 3 is 1.66 bits per heavy atom. The van der Waals surface area contributed by atoms with Gasteiger partial charge in [0, 0.05) is 39.1 Å². The quantitative estimate of drug-likeness (QED) is 0.155. The van der Waals surface area contributed by atoms with Gasteiger partial charge in [-0.15, -0.1) is 0 Å². The number of fused-ring (bicyclic) bond motifs is 4. The lowest BCUT2D eigenvalue weighted by Gasteiger charge is -2.28. The van der Waals surface area contributed by atoms with E-state index in [1.807, 2.05) is 12.2 Å². The first-order chi connectivity index (χ1) is 26.0. The summed E-state index contributed by atoms with van der Waals surface area (Å²) in [7, 11) is 0. The minimum absolute atomic E-state index is 0.118. The molecule has 0 N–H and O–H groups in total. The van der Waals surface area contributed by atoms with Gasteiger partial charge in [0.1, 0.15) is 0 Å². The van der Waals surface area contributed by atoms with E-state index in [9.17, 15) is 0 Å². The van der Waals surface area contributed by atoms with E-state index in [1.165, 1.54) is 44.5 Å². The van der Waals surface area contributed by atoms with Crippen LogP contribution in [0, 0.1) is 0 Å². The predicted molar refractivity (Wildman–Crippen MR) is 227 cm³/mol. The van der Waals surface area contributed by atoms with E-state index in [0.29, 0.717) is 0 Å². The normalized spacial score (nSPS) is 12.6. The van der Waals surface area contributed by atoms with Crippen LogP contribution < -0.4 is 4.90 Å². The molecule has 0 saturated carbocycles. The van der Waals surface area contributed by atoms with Crippen molar-refractivity contribution in [1.29, 1.82) is 0 Å². The molecule has 1 aromatic heterocycles. The summed E-state index contributed by atoms with van der Waals surface area (Å²) in [5.41, 5.74) is 17.6. The summed E-state index contributed by atoms with van der Waals surface area (Å²) in [5, 5.41) is 1.13. The summed E-state index contributed by atoms with van der Waals surface area (Å²) in [6, 6.07) is 61.4. The minimum atomic E-state index is -0.118. The zero-order chi connectivity index (χ0) is 36.1. The number of anilines is 3. The molecule has 9 rings (SSSR count). The van der Waals surface area contributed by atoms with Crippen molar-refractivity contribution in [2.45, 2.75) is 19.3 Å². The Bertz CT molecular complexity index is 2640. The Hall–Kier alpha value is -6.64. The summed E-state index contributed by atoms with van der Waals surface area (Å²) in [5.74, 6) is 0. The van der Waals surface area contributed by atoms with Crippen molar-refractivity contribution in [2.75, 3.05) is 4.90 Å². The van der Waals surface area contributed by atoms with Crippen molar-refractivity contribution >= 4 is 40.1 Å². The highest BCUT2D eigenvalue weighted by Gasteiger charge is 2.35. The van der Waals surface area contributed by atoms with E-state index >= 15 is 0 Å². The molecule has 1 aliphatic carbocycles. The second-order valence-electron chi connectivity index (χ2n) is 14.3. The highest BCUT2D eigenvalue weighted by molar-refractivity contribution is 5.98. The summed E-state index contributed by atoms with van der Waals surface area (Å²) in [4.78, 5) is 2.39. The molecular weight excluding hydrogens is 641 g/mol. The molecule has 7 aromatic carbocycles. The number of hydrogen-bond donors (Lipinski definition) is 0. The molecule has 0 saturated heterocycles. The second-order valence-corrected chi connectivity index (χ2v) is 14.3. The van der Waals surface area contributed by atoms with Gasteiger partial charge in [0.25, 0.3) is 0 Å². The van der Waals surface area contributed by atoms with E-state index in [2.05, 4.69) is 206 Å². The fourth-order valence-corrected chi connectivity index (χ4v) is 8.30. The van der Waals surface area contributed by atoms with Crippen molar-refractivity contribution < 1.29 is 0 Å². The molecule has 0 unspecified atom stereocenters. The van der Waals surface area contributed by atoms with Crippen LogP contribution in [0.1, 0.15) is 36.2 Å². The van der Waals surface area contributed by atoms with E-state index < -0.39 is 0 Å². The summed E-state index contributed by atoms with van der Waals surface area (Å²) < 4.78 is 2.32. The zero-order valence-electron chi connectivity index (χ0n) is 30.1. The van der Waals surface area contributed by atoms with Gasteiger partial charge in [-0.05, 0) is 99.1 Å². The fraction of sp³-hybridized carbons (Fsp3) is 0.0588. The lowest BCUT2D eigenvalue weighted by atomic mass is 9.82. The van der Waals surface area contributed by atoms with Gasteiger partial charge in [-0.25, -0.2) is 0 Å². The fourth-order valence-electron chi connectivity index (χ4n) is 8.30. The number of benzene rings is 7. The number of rotatable bonds is 8. The Labute approximate surface area is 312 Å². The molecule has 2 nitrogen and oxygen atoms in total. The van der Waals surface area contributed by atoms with Crippen LogP contribution in [-0.4, -0.2) is 4.57 Å². The molecule has 0 bridgehead atoms. The van der Waals surface area contributed by atoms with Crippen LogP contribution in [0.4, 0.5) is 17.1 Å². The number of nitrogens with zero attached hydrogens (tertiary/aromatic N) is 2. The highest BCUT2D eigenvalue weighted by Crippen LogP contribution is 2.51. The Morgan fingerprint density at radius 2 is 1.02 bits per heavy atom. The van der Waals surface area contributed by atoms with Crippen molar-refractivity contribution in [2.24, 2.45) is 0 Å². The molecule has 1 aliphatic rings. The van der Waals surface area contributed by atoms with Crippen LogP contribution in [0.5, 0.6) is 0 Å². The van der Waals surface area contributed by atoms with Crippen molar-refractivity contribution in [3.8, 4) is 39.1 Å². The molecule has 0 amide bonds. The van der Waals surface area contributed by atoms with E-state index in [4.69, 9.17) is 0 Å². The van der Waals surface area contributed by atoms with Crippen LogP contribution in [-0.2, 0) is 5.41 Å². The van der Waals surface area contributed by atoms with Crippen molar-refractivity contribution in [3.63, 3.8) is 0 Å². The average molecular weight is 681 g/mol. The van der Waals surface area contributed by atoms with Crippen LogP contribution in [0.3, 0.4) is 0 Å². The third kappa shape index (κ3) is 5.34. The molecule has 53 heavy (non-hydrogen) atoms. The molecule has 0 radical (unpaired) electrons. The van der Waals surface area contributed by atoms with Gasteiger partial charge < -0.3 is 9.47 Å². The largest absolute Gasteiger partial charge is 0.310 e. The van der Waals surface area contributed by atoms with Gasteiger partial charge >= 0.3 is 0 Å². The van der Waals surface area contributed by atoms with Gasteiger partial charge in [0.15, 0.2) is 0 Å².